The number of phenolic OH excluding ortho intramolecular Hbond substituents is 2. The third-order valence-electron chi connectivity index (χ3n) is 15.9. The van der Waals surface area contributed by atoms with Crippen LogP contribution in [0.1, 0.15) is 285 Å². The van der Waals surface area contributed by atoms with Crippen LogP contribution in [0.3, 0.4) is 0 Å². The van der Waals surface area contributed by atoms with Crippen LogP contribution < -0.4 is 74.3 Å². The molecule has 0 radical (unpaired) electrons. The second kappa shape index (κ2) is 60.8. The van der Waals surface area contributed by atoms with Crippen LogP contribution in [0.4, 0.5) is 0 Å². The predicted molar refractivity (Wildman–Crippen MR) is 365 cm³/mol. The van der Waals surface area contributed by atoms with Crippen molar-refractivity contribution in [3.63, 3.8) is 0 Å². The zero-order valence-electron chi connectivity index (χ0n) is 60.0. The molecule has 0 fully saturated rings. The van der Waals surface area contributed by atoms with E-state index in [4.69, 9.17) is 41.5 Å². The molecule has 25 heteroatoms. The van der Waals surface area contributed by atoms with Crippen LogP contribution in [0, 0.1) is 0 Å². The monoisotopic (exact) mass is 1430 g/mol. The standard InChI is InChI=1S/C57H110O17P2.C15H10O4.2Na/c1-5-9-13-17-21-25-29-33-37-41-54(59)67-47-52(73-56(61)43-39-35-31-27-23-19-15-11-7-3)49-71-75(63,64)69-45-51(58)46-70-76(65,66)72-50-53(74-57(62)44-40-36-32-28-24-20-16-12-8-4)48-68-55(60)42-38-34-30-26-22-18-14-10-6-2;16-10-6-11(17)15-12(18)8-13(19-14(15)7-10)9-4-2-1-3-5-9;;/h51-53,58H,5-50H2,1-4H3,(H,63,64)(H,65,66);1-8,16-17H;;/q;;2*+1/p-2. The number of unbranched alkanes of at least 4 members (excludes halogenated alkanes) is 32. The summed E-state index contributed by atoms with van der Waals surface area (Å²) in [6.07, 6.45) is 34.2. The molecule has 0 bridgehead atoms. The van der Waals surface area contributed by atoms with Gasteiger partial charge in [0.15, 0.2) is 17.6 Å². The van der Waals surface area contributed by atoms with E-state index in [9.17, 15) is 58.2 Å². The Hall–Kier alpha value is -2.69. The largest absolute Gasteiger partial charge is 1.00 e. The smallest absolute Gasteiger partial charge is 0.756 e. The molecule has 21 nitrogen and oxygen atoms in total. The summed E-state index contributed by atoms with van der Waals surface area (Å²) in [5, 5.41) is 29.6. The van der Waals surface area contributed by atoms with Crippen molar-refractivity contribution in [3.05, 3.63) is 58.8 Å². The molecule has 3 rings (SSSR count). The average molecular weight is 1430 g/mol. The van der Waals surface area contributed by atoms with E-state index < -0.39 is 97.5 Å². The van der Waals surface area contributed by atoms with Crippen molar-refractivity contribution in [2.45, 2.75) is 303 Å². The number of hydrogen-bond acceptors (Lipinski definition) is 21. The molecule has 1 heterocycles. The molecule has 0 amide bonds. The number of aliphatic hydroxyl groups is 1. The van der Waals surface area contributed by atoms with Gasteiger partial charge in [0, 0.05) is 49.4 Å². The fraction of sp³-hybridized carbons (Fsp3) is 0.736. The van der Waals surface area contributed by atoms with Crippen molar-refractivity contribution < 1.29 is 154 Å². The van der Waals surface area contributed by atoms with E-state index in [1.54, 1.807) is 0 Å². The van der Waals surface area contributed by atoms with Crippen LogP contribution in [0.5, 0.6) is 11.5 Å². The first-order valence-electron chi connectivity index (χ1n) is 35.9. The number of fused-ring (bicyclic) bond motifs is 1. The molecule has 3 N–H and O–H groups in total. The number of carbonyl (C=O) groups excluding carboxylic acids is 4. The third kappa shape index (κ3) is 51.2. The van der Waals surface area contributed by atoms with E-state index >= 15 is 0 Å². The van der Waals surface area contributed by atoms with Crippen LogP contribution in [-0.2, 0) is 65.4 Å². The number of phosphoric acid groups is 2. The number of carbonyl (C=O) groups is 4. The van der Waals surface area contributed by atoms with Gasteiger partial charge >= 0.3 is 83.0 Å². The van der Waals surface area contributed by atoms with E-state index in [-0.39, 0.29) is 113 Å². The first kappa shape index (κ1) is 94.3. The molecule has 1 aromatic heterocycles. The summed E-state index contributed by atoms with van der Waals surface area (Å²) >= 11 is 0. The maximum Gasteiger partial charge on any atom is 1.00 e. The van der Waals surface area contributed by atoms with E-state index in [1.807, 2.05) is 30.3 Å². The third-order valence-corrected chi connectivity index (χ3v) is 17.8. The van der Waals surface area contributed by atoms with Crippen LogP contribution >= 0.6 is 15.6 Å². The fourth-order valence-corrected chi connectivity index (χ4v) is 11.9. The molecule has 0 aliphatic carbocycles. The summed E-state index contributed by atoms with van der Waals surface area (Å²) in [5.41, 5.74) is 0.561. The summed E-state index contributed by atoms with van der Waals surface area (Å²) in [7, 11) is -10.4. The normalized spacial score (nSPS) is 13.4. The van der Waals surface area contributed by atoms with Gasteiger partial charge in [-0.25, -0.2) is 0 Å². The zero-order chi connectivity index (χ0) is 69.6. The minimum absolute atomic E-state index is 0. The number of aliphatic hydroxyl groups excluding tert-OH is 1. The van der Waals surface area contributed by atoms with Crippen LogP contribution in [0.25, 0.3) is 22.3 Å². The van der Waals surface area contributed by atoms with Gasteiger partial charge in [-0.2, -0.15) is 0 Å². The van der Waals surface area contributed by atoms with Gasteiger partial charge in [-0.15, -0.1) is 0 Å². The Kier molecular flexibility index (Phi) is 59.2. The Balaban J connectivity index is 0.00000369. The van der Waals surface area contributed by atoms with Crippen molar-refractivity contribution in [2.24, 2.45) is 0 Å². The molecule has 0 aliphatic rings. The summed E-state index contributed by atoms with van der Waals surface area (Å²) in [6.45, 7) is 4.36. The van der Waals surface area contributed by atoms with Gasteiger partial charge in [0.05, 0.1) is 26.4 Å². The molecule has 0 aliphatic heterocycles. The van der Waals surface area contributed by atoms with Crippen LogP contribution in [0.15, 0.2) is 57.7 Å². The van der Waals surface area contributed by atoms with E-state index in [0.29, 0.717) is 31.4 Å². The number of esters is 4. The molecule has 3 aromatic rings. The minimum Gasteiger partial charge on any atom is -0.756 e. The Morgan fingerprint density at radius 1 is 0.433 bits per heavy atom. The molecule has 4 atom stereocenters. The van der Waals surface area contributed by atoms with Crippen LogP contribution in [0.2, 0.25) is 0 Å². The Labute approximate surface area is 623 Å². The Morgan fingerprint density at radius 3 is 1.08 bits per heavy atom. The van der Waals surface area contributed by atoms with E-state index in [2.05, 4.69) is 27.7 Å². The molecular weight excluding hydrogens is 1310 g/mol. The Bertz CT molecular complexity index is 2540. The first-order valence-corrected chi connectivity index (χ1v) is 38.9. The number of ether oxygens (including phenoxy) is 4. The van der Waals surface area contributed by atoms with E-state index in [1.165, 1.54) is 115 Å². The van der Waals surface area contributed by atoms with Gasteiger partial charge < -0.3 is 66.6 Å². The maximum atomic E-state index is 12.8. The van der Waals surface area contributed by atoms with Gasteiger partial charge in [-0.3, -0.25) is 33.1 Å². The zero-order valence-corrected chi connectivity index (χ0v) is 65.8. The van der Waals surface area contributed by atoms with Gasteiger partial charge in [0.1, 0.15) is 47.5 Å². The van der Waals surface area contributed by atoms with Crippen molar-refractivity contribution >= 4 is 50.5 Å². The fourth-order valence-electron chi connectivity index (χ4n) is 10.4. The number of rotatable bonds is 59. The van der Waals surface area contributed by atoms with Crippen molar-refractivity contribution in [1.29, 1.82) is 0 Å². The topological polar surface area (TPSA) is 313 Å². The molecule has 0 spiro atoms. The molecular formula is C72H118Na2O21P2. The van der Waals surface area contributed by atoms with Crippen LogP contribution in [-0.4, -0.2) is 97.1 Å². The second-order valence-corrected chi connectivity index (χ2v) is 27.6. The van der Waals surface area contributed by atoms with Gasteiger partial charge in [0.2, 0.25) is 0 Å². The van der Waals surface area contributed by atoms with Gasteiger partial charge in [0.25, 0.3) is 15.6 Å². The number of aromatic hydroxyl groups is 2. The number of phosphoric ester groups is 2. The van der Waals surface area contributed by atoms with Crippen molar-refractivity contribution in [1.82, 2.24) is 0 Å². The predicted octanol–water partition coefficient (Wildman–Crippen LogP) is 10.8. The molecule has 2 aromatic carbocycles. The molecule has 97 heavy (non-hydrogen) atoms. The first-order chi connectivity index (χ1) is 45.8. The second-order valence-electron chi connectivity index (χ2n) is 24.8. The Morgan fingerprint density at radius 2 is 0.742 bits per heavy atom. The number of phenols is 2. The summed E-state index contributed by atoms with van der Waals surface area (Å²) in [4.78, 5) is 88.2. The molecule has 0 saturated carbocycles. The SMILES string of the molecule is CCCCCCCCCCCC(=O)OCC(COP(=O)([O-])OCC(O)COP(=O)([O-])OCC(COC(=O)CCCCCCCCCCC)OC(=O)CCCCCCCCCCC)OC(=O)CCCCCCCCCCC.O=c1cc(-c2ccccc2)oc2cc(O)cc(O)c12.[Na+].[Na+]. The minimum atomic E-state index is -5.20. The summed E-state index contributed by atoms with van der Waals surface area (Å²) < 4.78 is 72.2. The molecule has 4 unspecified atom stereocenters. The maximum absolute atomic E-state index is 12.8. The number of benzene rings is 2. The molecule has 0 saturated heterocycles. The number of hydrogen-bond donors (Lipinski definition) is 3. The van der Waals surface area contributed by atoms with Crippen molar-refractivity contribution in [3.8, 4) is 22.8 Å². The van der Waals surface area contributed by atoms with Crippen molar-refractivity contribution in [2.75, 3.05) is 39.6 Å². The average Bonchev–Trinajstić information content (AvgIpc) is 0.798. The summed E-state index contributed by atoms with van der Waals surface area (Å²) in [5.74, 6) is -2.29. The van der Waals surface area contributed by atoms with Gasteiger partial charge in [-0.1, -0.05) is 263 Å². The molecule has 544 valence electrons. The quantitative estimate of drug-likeness (QED) is 0.0155. The van der Waals surface area contributed by atoms with E-state index in [0.717, 1.165) is 114 Å². The summed E-state index contributed by atoms with van der Waals surface area (Å²) in [6, 6.07) is 12.9. The van der Waals surface area contributed by atoms with Gasteiger partial charge in [-0.05, 0) is 25.7 Å².